The number of phenolic OH excluding ortho intramolecular Hbond substituents is 1. The number of methoxy groups -OCH3 is 3. The van der Waals surface area contributed by atoms with Crippen LogP contribution in [-0.2, 0) is 17.9 Å². The maximum absolute atomic E-state index is 12.4. The van der Waals surface area contributed by atoms with Gasteiger partial charge in [0.05, 0.1) is 21.3 Å². The molecule has 7 nitrogen and oxygen atoms in total. The molecule has 2 aromatic rings. The predicted molar refractivity (Wildman–Crippen MR) is 123 cm³/mol. The molecule has 2 aromatic carbocycles. The molecule has 32 heavy (non-hydrogen) atoms. The molecule has 174 valence electrons. The Labute approximate surface area is 190 Å². The van der Waals surface area contributed by atoms with Gasteiger partial charge < -0.3 is 24.6 Å². The summed E-state index contributed by atoms with van der Waals surface area (Å²) in [6, 6.07) is 11.2. The van der Waals surface area contributed by atoms with E-state index in [1.807, 2.05) is 30.3 Å². The van der Waals surface area contributed by atoms with Gasteiger partial charge in [0.25, 0.3) is 0 Å². The number of benzene rings is 2. The van der Waals surface area contributed by atoms with E-state index in [1.165, 1.54) is 0 Å². The second kappa shape index (κ2) is 11.6. The quantitative estimate of drug-likeness (QED) is 0.584. The minimum Gasteiger partial charge on any atom is -0.504 e. The Morgan fingerprint density at radius 1 is 1.09 bits per heavy atom. The zero-order valence-electron chi connectivity index (χ0n) is 19.2. The first-order valence-electron chi connectivity index (χ1n) is 11.1. The number of carbonyl (C=O) groups is 1. The van der Waals surface area contributed by atoms with E-state index in [2.05, 4.69) is 10.2 Å². The van der Waals surface area contributed by atoms with Gasteiger partial charge in [0.15, 0.2) is 11.5 Å². The van der Waals surface area contributed by atoms with Crippen molar-refractivity contribution in [2.75, 3.05) is 34.4 Å². The summed E-state index contributed by atoms with van der Waals surface area (Å²) in [6.45, 7) is 3.04. The number of rotatable bonds is 10. The van der Waals surface area contributed by atoms with E-state index in [9.17, 15) is 9.90 Å². The van der Waals surface area contributed by atoms with E-state index in [0.717, 1.165) is 49.2 Å². The fraction of sp³-hybridized carbons (Fsp3) is 0.480. The SMILES string of the molecule is COc1ccc(CNC(=O)CCC2CCCN(Cc3cccc(OC)c3O)C2)c(OC)c1. The number of aromatic hydroxyl groups is 1. The maximum Gasteiger partial charge on any atom is 0.220 e. The van der Waals surface area contributed by atoms with Crippen molar-refractivity contribution in [2.45, 2.75) is 38.8 Å². The number of para-hydroxylation sites is 1. The third-order valence-electron chi connectivity index (χ3n) is 6.05. The lowest BCUT2D eigenvalue weighted by Gasteiger charge is -2.33. The van der Waals surface area contributed by atoms with Gasteiger partial charge in [-0.25, -0.2) is 0 Å². The molecule has 0 radical (unpaired) electrons. The summed E-state index contributed by atoms with van der Waals surface area (Å²) in [5, 5.41) is 13.4. The fourth-order valence-electron chi connectivity index (χ4n) is 4.25. The Morgan fingerprint density at radius 3 is 2.66 bits per heavy atom. The first kappa shape index (κ1) is 23.7. The summed E-state index contributed by atoms with van der Waals surface area (Å²) >= 11 is 0. The molecule has 1 saturated heterocycles. The zero-order chi connectivity index (χ0) is 22.9. The van der Waals surface area contributed by atoms with Crippen molar-refractivity contribution < 1.29 is 24.1 Å². The number of hydrogen-bond acceptors (Lipinski definition) is 6. The van der Waals surface area contributed by atoms with E-state index in [4.69, 9.17) is 14.2 Å². The van der Waals surface area contributed by atoms with Crippen molar-refractivity contribution in [3.63, 3.8) is 0 Å². The van der Waals surface area contributed by atoms with Crippen LogP contribution in [-0.4, -0.2) is 50.3 Å². The van der Waals surface area contributed by atoms with Crippen molar-refractivity contribution >= 4 is 5.91 Å². The van der Waals surface area contributed by atoms with Gasteiger partial charge in [0, 0.05) is 43.2 Å². The molecule has 1 aliphatic rings. The summed E-state index contributed by atoms with van der Waals surface area (Å²) in [5.74, 6) is 2.66. The van der Waals surface area contributed by atoms with Gasteiger partial charge in [-0.15, -0.1) is 0 Å². The minimum absolute atomic E-state index is 0.0467. The molecule has 1 heterocycles. The monoisotopic (exact) mass is 442 g/mol. The van der Waals surface area contributed by atoms with Crippen LogP contribution in [0.25, 0.3) is 0 Å². The molecule has 0 saturated carbocycles. The third kappa shape index (κ3) is 6.29. The Morgan fingerprint density at radius 2 is 1.91 bits per heavy atom. The lowest BCUT2D eigenvalue weighted by molar-refractivity contribution is -0.121. The lowest BCUT2D eigenvalue weighted by Crippen LogP contribution is -2.35. The molecule has 0 spiro atoms. The number of ether oxygens (including phenoxy) is 3. The Bertz CT molecular complexity index is 902. The second-order valence-electron chi connectivity index (χ2n) is 8.20. The Balaban J connectivity index is 1.46. The molecule has 0 aliphatic carbocycles. The maximum atomic E-state index is 12.4. The van der Waals surface area contributed by atoms with Gasteiger partial charge in [-0.05, 0) is 49.9 Å². The largest absolute Gasteiger partial charge is 0.504 e. The van der Waals surface area contributed by atoms with Gasteiger partial charge in [-0.2, -0.15) is 0 Å². The van der Waals surface area contributed by atoms with Crippen molar-refractivity contribution in [3.8, 4) is 23.0 Å². The fourth-order valence-corrected chi connectivity index (χ4v) is 4.25. The summed E-state index contributed by atoms with van der Waals surface area (Å²) in [7, 11) is 4.79. The molecule has 1 fully saturated rings. The summed E-state index contributed by atoms with van der Waals surface area (Å²) in [5.41, 5.74) is 1.79. The number of carbonyl (C=O) groups excluding carboxylic acids is 1. The van der Waals surface area contributed by atoms with Gasteiger partial charge in [-0.1, -0.05) is 12.1 Å². The molecule has 1 atom stereocenters. The highest BCUT2D eigenvalue weighted by Gasteiger charge is 2.22. The first-order valence-corrected chi connectivity index (χ1v) is 11.1. The number of nitrogens with one attached hydrogen (secondary N) is 1. The molecule has 0 aromatic heterocycles. The van der Waals surface area contributed by atoms with Crippen LogP contribution < -0.4 is 19.5 Å². The van der Waals surface area contributed by atoms with E-state index < -0.39 is 0 Å². The number of nitrogens with zero attached hydrogens (tertiary/aromatic N) is 1. The highest BCUT2D eigenvalue weighted by molar-refractivity contribution is 5.75. The molecular weight excluding hydrogens is 408 g/mol. The first-order chi connectivity index (χ1) is 15.5. The van der Waals surface area contributed by atoms with Gasteiger partial charge >= 0.3 is 0 Å². The van der Waals surface area contributed by atoms with E-state index in [-0.39, 0.29) is 11.7 Å². The molecule has 1 amide bonds. The number of hydrogen-bond donors (Lipinski definition) is 2. The van der Waals surface area contributed by atoms with Crippen molar-refractivity contribution in [2.24, 2.45) is 5.92 Å². The molecule has 7 heteroatoms. The van der Waals surface area contributed by atoms with E-state index in [0.29, 0.717) is 36.9 Å². The summed E-state index contributed by atoms with van der Waals surface area (Å²) in [6.07, 6.45) is 3.58. The molecule has 3 rings (SSSR count). The van der Waals surface area contributed by atoms with Crippen LogP contribution >= 0.6 is 0 Å². The molecule has 1 unspecified atom stereocenters. The molecular formula is C25H34N2O5. The van der Waals surface area contributed by atoms with Crippen LogP contribution in [0.5, 0.6) is 23.0 Å². The number of phenols is 1. The Kier molecular flexibility index (Phi) is 8.62. The molecule has 1 aliphatic heterocycles. The van der Waals surface area contributed by atoms with Gasteiger partial charge in [-0.3, -0.25) is 9.69 Å². The predicted octanol–water partition coefficient (Wildman–Crippen LogP) is 3.73. The third-order valence-corrected chi connectivity index (χ3v) is 6.05. The molecule has 0 bridgehead atoms. The molecule has 2 N–H and O–H groups in total. The van der Waals surface area contributed by atoms with Crippen LogP contribution in [0.15, 0.2) is 36.4 Å². The topological polar surface area (TPSA) is 80.3 Å². The van der Waals surface area contributed by atoms with Crippen LogP contribution in [0.2, 0.25) is 0 Å². The average molecular weight is 443 g/mol. The number of likely N-dealkylation sites (tertiary alicyclic amines) is 1. The normalized spacial score (nSPS) is 16.4. The second-order valence-corrected chi connectivity index (χ2v) is 8.20. The lowest BCUT2D eigenvalue weighted by atomic mass is 9.93. The number of piperidine rings is 1. The minimum atomic E-state index is 0.0467. The van der Waals surface area contributed by atoms with Gasteiger partial charge in [0.1, 0.15) is 11.5 Å². The van der Waals surface area contributed by atoms with Crippen LogP contribution in [0.1, 0.15) is 36.8 Å². The van der Waals surface area contributed by atoms with Crippen LogP contribution in [0, 0.1) is 5.92 Å². The Hall–Kier alpha value is -2.93. The van der Waals surface area contributed by atoms with Crippen molar-refractivity contribution in [1.82, 2.24) is 10.2 Å². The highest BCUT2D eigenvalue weighted by Crippen LogP contribution is 2.31. The van der Waals surface area contributed by atoms with Gasteiger partial charge in [0.2, 0.25) is 5.91 Å². The van der Waals surface area contributed by atoms with Crippen LogP contribution in [0.4, 0.5) is 0 Å². The highest BCUT2D eigenvalue weighted by atomic mass is 16.5. The standard InChI is InChI=1S/C25H34N2O5/c1-30-21-11-10-19(23(14-21)32-3)15-26-24(28)12-9-18-6-5-13-27(16-18)17-20-7-4-8-22(31-2)25(20)29/h4,7-8,10-11,14,18,29H,5-6,9,12-13,15-17H2,1-3H3,(H,26,28). The van der Waals surface area contributed by atoms with E-state index >= 15 is 0 Å². The van der Waals surface area contributed by atoms with Crippen LogP contribution in [0.3, 0.4) is 0 Å². The summed E-state index contributed by atoms with van der Waals surface area (Å²) < 4.78 is 15.8. The van der Waals surface area contributed by atoms with E-state index in [1.54, 1.807) is 27.4 Å². The van der Waals surface area contributed by atoms with Crippen molar-refractivity contribution in [3.05, 3.63) is 47.5 Å². The smallest absolute Gasteiger partial charge is 0.220 e. The zero-order valence-corrected chi connectivity index (χ0v) is 19.2. The summed E-state index contributed by atoms with van der Waals surface area (Å²) in [4.78, 5) is 14.8. The van der Waals surface area contributed by atoms with Crippen molar-refractivity contribution in [1.29, 1.82) is 0 Å². The number of amides is 1. The average Bonchev–Trinajstić information content (AvgIpc) is 2.82.